The highest BCUT2D eigenvalue weighted by Crippen LogP contribution is 2.48. The number of nitrogens with one attached hydrogen (secondary N) is 1. The number of furan rings is 1. The zero-order valence-electron chi connectivity index (χ0n) is 13.3. The second-order valence-corrected chi connectivity index (χ2v) is 8.85. The molecule has 24 heavy (non-hydrogen) atoms. The molecule has 0 radical (unpaired) electrons. The first-order valence-electron chi connectivity index (χ1n) is 8.04. The number of aryl methyl sites for hydroxylation is 1. The molecule has 1 amide bonds. The van der Waals surface area contributed by atoms with Gasteiger partial charge in [0.15, 0.2) is 9.84 Å². The summed E-state index contributed by atoms with van der Waals surface area (Å²) >= 11 is 0. The van der Waals surface area contributed by atoms with Crippen LogP contribution in [-0.2, 0) is 14.6 Å². The van der Waals surface area contributed by atoms with Crippen LogP contribution in [0, 0.1) is 12.8 Å². The van der Waals surface area contributed by atoms with Gasteiger partial charge < -0.3 is 9.73 Å². The number of amides is 1. The maximum Gasteiger partial charge on any atom is 0.229 e. The van der Waals surface area contributed by atoms with Crippen molar-refractivity contribution in [2.24, 2.45) is 5.92 Å². The molecule has 0 bridgehead atoms. The summed E-state index contributed by atoms with van der Waals surface area (Å²) in [6.45, 7) is 1.83. The molecule has 128 valence electrons. The van der Waals surface area contributed by atoms with Crippen molar-refractivity contribution >= 4 is 21.6 Å². The molecule has 2 aliphatic rings. The van der Waals surface area contributed by atoms with Crippen molar-refractivity contribution in [3.63, 3.8) is 0 Å². The van der Waals surface area contributed by atoms with Crippen LogP contribution in [0.2, 0.25) is 0 Å². The Hall–Kier alpha value is -2.09. The maximum atomic E-state index is 12.5. The number of hydrogen-bond acceptors (Lipinski definition) is 5. The Bertz CT molecular complexity index is 869. The molecule has 1 saturated heterocycles. The minimum absolute atomic E-state index is 0.0709. The lowest BCUT2D eigenvalue weighted by molar-refractivity contribution is -0.117. The van der Waals surface area contributed by atoms with Crippen LogP contribution in [-0.4, -0.2) is 35.6 Å². The molecule has 1 aliphatic heterocycles. The van der Waals surface area contributed by atoms with Gasteiger partial charge in [-0.15, -0.1) is 0 Å². The fourth-order valence-electron chi connectivity index (χ4n) is 3.38. The Labute approximate surface area is 139 Å². The maximum absolute atomic E-state index is 12.5. The molecule has 2 aromatic rings. The molecule has 2 fully saturated rings. The van der Waals surface area contributed by atoms with Gasteiger partial charge in [0.1, 0.15) is 11.6 Å². The van der Waals surface area contributed by atoms with E-state index in [-0.39, 0.29) is 35.3 Å². The normalized spacial score (nSPS) is 28.0. The third kappa shape index (κ3) is 2.86. The number of anilines is 1. The Morgan fingerprint density at radius 1 is 1.46 bits per heavy atom. The molecule has 1 N–H and O–H groups in total. The average molecular weight is 349 g/mol. The number of rotatable bonds is 4. The second kappa shape index (κ2) is 5.47. The van der Waals surface area contributed by atoms with Crippen LogP contribution < -0.4 is 5.32 Å². The van der Waals surface area contributed by atoms with Crippen molar-refractivity contribution in [3.8, 4) is 0 Å². The van der Waals surface area contributed by atoms with E-state index >= 15 is 0 Å². The van der Waals surface area contributed by atoms with Gasteiger partial charge in [-0.05, 0) is 31.9 Å². The Morgan fingerprint density at radius 2 is 2.29 bits per heavy atom. The molecule has 1 aliphatic carbocycles. The van der Waals surface area contributed by atoms with E-state index in [1.165, 1.54) is 0 Å². The summed E-state index contributed by atoms with van der Waals surface area (Å²) in [6.07, 6.45) is 2.91. The van der Waals surface area contributed by atoms with Crippen molar-refractivity contribution in [2.75, 3.05) is 16.8 Å². The molecule has 3 heterocycles. The van der Waals surface area contributed by atoms with Crippen LogP contribution >= 0.6 is 0 Å². The molecule has 0 aromatic carbocycles. The smallest absolute Gasteiger partial charge is 0.229 e. The van der Waals surface area contributed by atoms with Gasteiger partial charge in [0.05, 0.1) is 29.5 Å². The van der Waals surface area contributed by atoms with Crippen LogP contribution in [0.4, 0.5) is 5.82 Å². The summed E-state index contributed by atoms with van der Waals surface area (Å²) < 4.78 is 30.4. The van der Waals surface area contributed by atoms with Crippen LogP contribution in [0.1, 0.15) is 36.3 Å². The molecule has 0 spiro atoms. The summed E-state index contributed by atoms with van der Waals surface area (Å²) in [5, 5.41) is 7.29. The van der Waals surface area contributed by atoms with Crippen molar-refractivity contribution in [1.82, 2.24) is 9.78 Å². The molecule has 7 nitrogen and oxygen atoms in total. The quantitative estimate of drug-likeness (QED) is 0.909. The van der Waals surface area contributed by atoms with Crippen molar-refractivity contribution in [3.05, 3.63) is 35.9 Å². The molecular formula is C16H19N3O4S. The number of hydrogen-bond donors (Lipinski definition) is 1. The van der Waals surface area contributed by atoms with Crippen LogP contribution in [0.3, 0.4) is 0 Å². The van der Waals surface area contributed by atoms with Crippen molar-refractivity contribution in [2.45, 2.75) is 31.7 Å². The van der Waals surface area contributed by atoms with E-state index in [1.807, 2.05) is 19.1 Å². The van der Waals surface area contributed by atoms with Gasteiger partial charge in [0.2, 0.25) is 5.91 Å². The van der Waals surface area contributed by atoms with E-state index < -0.39 is 9.84 Å². The van der Waals surface area contributed by atoms with Gasteiger partial charge >= 0.3 is 0 Å². The summed E-state index contributed by atoms with van der Waals surface area (Å²) in [4.78, 5) is 12.5. The second-order valence-electron chi connectivity index (χ2n) is 6.63. The van der Waals surface area contributed by atoms with E-state index in [0.717, 1.165) is 17.9 Å². The molecule has 3 atom stereocenters. The first-order chi connectivity index (χ1) is 11.4. The molecule has 3 unspecified atom stereocenters. The highest BCUT2D eigenvalue weighted by Gasteiger charge is 2.46. The van der Waals surface area contributed by atoms with E-state index in [2.05, 4.69) is 10.4 Å². The van der Waals surface area contributed by atoms with Gasteiger partial charge in [0.25, 0.3) is 0 Å². The lowest BCUT2D eigenvalue weighted by Gasteiger charge is -2.13. The number of carbonyl (C=O) groups is 1. The fourth-order valence-corrected chi connectivity index (χ4v) is 5.07. The first kappa shape index (κ1) is 15.4. The predicted molar refractivity (Wildman–Crippen MR) is 87.5 cm³/mol. The van der Waals surface area contributed by atoms with E-state index in [1.54, 1.807) is 17.0 Å². The van der Waals surface area contributed by atoms with E-state index in [0.29, 0.717) is 12.2 Å². The van der Waals surface area contributed by atoms with E-state index in [4.69, 9.17) is 4.42 Å². The molecule has 8 heteroatoms. The van der Waals surface area contributed by atoms with Crippen LogP contribution in [0.15, 0.2) is 28.9 Å². The molecule has 1 saturated carbocycles. The Balaban J connectivity index is 1.48. The molecular weight excluding hydrogens is 330 g/mol. The lowest BCUT2D eigenvalue weighted by atomic mass is 10.2. The van der Waals surface area contributed by atoms with Gasteiger partial charge in [-0.1, -0.05) is 0 Å². The summed E-state index contributed by atoms with van der Waals surface area (Å²) in [5.74, 6) is 1.61. The number of nitrogens with zero attached hydrogens (tertiary/aromatic N) is 2. The standard InChI is InChI=1S/C16H19N3O4S/c1-10-7-15(19(18-10)11-4-6-24(21,22)9-11)17-16(20)13-8-12(13)14-3-2-5-23-14/h2-3,5,7,11-13H,4,6,8-9H2,1H3,(H,17,20). The monoisotopic (exact) mass is 349 g/mol. The first-order valence-corrected chi connectivity index (χ1v) is 9.86. The third-order valence-corrected chi connectivity index (χ3v) is 6.45. The zero-order valence-corrected chi connectivity index (χ0v) is 14.1. The van der Waals surface area contributed by atoms with Crippen molar-refractivity contribution < 1.29 is 17.6 Å². The Kier molecular flexibility index (Phi) is 3.52. The van der Waals surface area contributed by atoms with Gasteiger partial charge in [-0.2, -0.15) is 5.10 Å². The average Bonchev–Trinajstić information content (AvgIpc) is 2.86. The largest absolute Gasteiger partial charge is 0.469 e. The number of sulfone groups is 1. The van der Waals surface area contributed by atoms with Gasteiger partial charge in [-0.3, -0.25) is 4.79 Å². The molecule has 2 aromatic heterocycles. The highest BCUT2D eigenvalue weighted by molar-refractivity contribution is 7.91. The number of carbonyl (C=O) groups excluding carboxylic acids is 1. The summed E-state index contributed by atoms with van der Waals surface area (Å²) in [7, 11) is -3.01. The fraction of sp³-hybridized carbons (Fsp3) is 0.500. The zero-order chi connectivity index (χ0) is 16.9. The van der Waals surface area contributed by atoms with E-state index in [9.17, 15) is 13.2 Å². The number of aromatic nitrogens is 2. The van der Waals surface area contributed by atoms with Crippen LogP contribution in [0.25, 0.3) is 0 Å². The molecule has 4 rings (SSSR count). The lowest BCUT2D eigenvalue weighted by Crippen LogP contribution is -2.20. The van der Waals surface area contributed by atoms with Gasteiger partial charge in [0, 0.05) is 17.9 Å². The SMILES string of the molecule is Cc1cc(NC(=O)C2CC2c2ccco2)n(C2CCS(=O)(=O)C2)n1. The third-order valence-electron chi connectivity index (χ3n) is 4.70. The topological polar surface area (TPSA) is 94.2 Å². The highest BCUT2D eigenvalue weighted by atomic mass is 32.2. The van der Waals surface area contributed by atoms with Gasteiger partial charge in [-0.25, -0.2) is 13.1 Å². The minimum atomic E-state index is -3.01. The predicted octanol–water partition coefficient (Wildman–Crippen LogP) is 1.89. The van der Waals surface area contributed by atoms with Crippen molar-refractivity contribution in [1.29, 1.82) is 0 Å². The van der Waals surface area contributed by atoms with Crippen LogP contribution in [0.5, 0.6) is 0 Å². The summed E-state index contributed by atoms with van der Waals surface area (Å²) in [5.41, 5.74) is 0.757. The minimum Gasteiger partial charge on any atom is -0.469 e. The summed E-state index contributed by atoms with van der Waals surface area (Å²) in [6, 6.07) is 5.28. The Morgan fingerprint density at radius 3 is 2.96 bits per heavy atom.